The van der Waals surface area contributed by atoms with Crippen LogP contribution in [-0.2, 0) is 19.0 Å². The van der Waals surface area contributed by atoms with Crippen molar-refractivity contribution < 1.29 is 29.2 Å². The fourth-order valence-corrected chi connectivity index (χ4v) is 9.43. The number of allylic oxidation sites excluding steroid dienone is 1. The lowest BCUT2D eigenvalue weighted by molar-refractivity contribution is -0.401. The molecule has 0 aromatic heterocycles. The molecule has 0 radical (unpaired) electrons. The van der Waals surface area contributed by atoms with Crippen LogP contribution in [0.2, 0.25) is 0 Å². The van der Waals surface area contributed by atoms with Gasteiger partial charge in [-0.15, -0.1) is 12.3 Å². The van der Waals surface area contributed by atoms with Crippen LogP contribution in [0.5, 0.6) is 0 Å². The molecule has 0 unspecified atom stereocenters. The second-order valence-corrected chi connectivity index (χ2v) is 13.1. The zero-order valence-corrected chi connectivity index (χ0v) is 23.1. The standard InChI is InChI=1S/C31H43NO6/c1-5-6-7-8-9-26(34)37-21(2)23-12-13-30-24-11-10-22-18-29(35)15-14-27(22,3)31(24,38-29)25(33)19-28(23,30)20-32(4)16-17-36-30/h1,11-12,21-22,25,33,35H,6-10,13-20H2,2-4H3/t21-,22-,25-,27+,28+,29-,30+,31+/m1/s1. The van der Waals surface area contributed by atoms with Crippen molar-refractivity contribution in [2.24, 2.45) is 16.7 Å². The zero-order valence-electron chi connectivity index (χ0n) is 23.1. The monoisotopic (exact) mass is 525 g/mol. The van der Waals surface area contributed by atoms with Crippen LogP contribution in [0.15, 0.2) is 23.3 Å². The topological polar surface area (TPSA) is 88.5 Å². The van der Waals surface area contributed by atoms with Gasteiger partial charge in [0.15, 0.2) is 5.79 Å². The quantitative estimate of drug-likeness (QED) is 0.238. The lowest BCUT2D eigenvalue weighted by Crippen LogP contribution is -2.79. The molecule has 1 spiro atoms. The number of likely N-dealkylation sites (N-methyl/N-ethyl adjacent to an activating group) is 1. The Balaban J connectivity index is 1.38. The molecule has 0 aromatic carbocycles. The Bertz CT molecular complexity index is 1110. The highest BCUT2D eigenvalue weighted by Gasteiger charge is 2.79. The molecule has 2 saturated carbocycles. The summed E-state index contributed by atoms with van der Waals surface area (Å²) in [6.45, 7) is 6.24. The van der Waals surface area contributed by atoms with E-state index >= 15 is 0 Å². The van der Waals surface area contributed by atoms with Crippen molar-refractivity contribution in [1.82, 2.24) is 4.90 Å². The number of fused-ring (bicyclic) bond motifs is 1. The van der Waals surface area contributed by atoms with E-state index < -0.39 is 34.6 Å². The Labute approximate surface area is 226 Å². The summed E-state index contributed by atoms with van der Waals surface area (Å²) in [5, 5.41) is 23.7. The van der Waals surface area contributed by atoms with Crippen LogP contribution in [0.25, 0.3) is 0 Å². The van der Waals surface area contributed by atoms with Gasteiger partial charge >= 0.3 is 5.97 Å². The molecular weight excluding hydrogens is 482 g/mol. The summed E-state index contributed by atoms with van der Waals surface area (Å²) in [5.74, 6) is 1.45. The molecule has 208 valence electrons. The van der Waals surface area contributed by atoms with Crippen molar-refractivity contribution in [1.29, 1.82) is 0 Å². The molecule has 3 heterocycles. The van der Waals surface area contributed by atoms with E-state index in [1.165, 1.54) is 0 Å². The van der Waals surface area contributed by atoms with E-state index in [9.17, 15) is 15.0 Å². The maximum Gasteiger partial charge on any atom is 0.306 e. The second-order valence-electron chi connectivity index (χ2n) is 13.1. The van der Waals surface area contributed by atoms with E-state index in [1.807, 2.05) is 6.92 Å². The molecule has 3 saturated heterocycles. The van der Waals surface area contributed by atoms with E-state index in [0.717, 1.165) is 37.0 Å². The summed E-state index contributed by atoms with van der Waals surface area (Å²) >= 11 is 0. The van der Waals surface area contributed by atoms with E-state index in [0.29, 0.717) is 58.1 Å². The van der Waals surface area contributed by atoms with E-state index in [1.54, 1.807) is 0 Å². The third-order valence-electron chi connectivity index (χ3n) is 11.1. The summed E-state index contributed by atoms with van der Waals surface area (Å²) < 4.78 is 19.7. The first-order chi connectivity index (χ1) is 18.1. The largest absolute Gasteiger partial charge is 0.458 e. The average Bonchev–Trinajstić information content (AvgIpc) is 3.08. The fourth-order valence-electron chi connectivity index (χ4n) is 9.43. The van der Waals surface area contributed by atoms with Crippen LogP contribution < -0.4 is 0 Å². The highest BCUT2D eigenvalue weighted by atomic mass is 16.7. The molecule has 4 aliphatic carbocycles. The molecule has 0 aromatic rings. The van der Waals surface area contributed by atoms with E-state index in [2.05, 4.69) is 36.9 Å². The van der Waals surface area contributed by atoms with Gasteiger partial charge in [0.1, 0.15) is 17.3 Å². The lowest BCUT2D eigenvalue weighted by atomic mass is 9.41. The number of carbonyl (C=O) groups is 1. The van der Waals surface area contributed by atoms with E-state index in [4.69, 9.17) is 20.6 Å². The normalized spacial score (nSPS) is 46.0. The predicted molar refractivity (Wildman–Crippen MR) is 142 cm³/mol. The Morgan fingerprint density at radius 1 is 1.32 bits per heavy atom. The number of esters is 1. The fraction of sp³-hybridized carbons (Fsp3) is 0.774. The SMILES string of the molecule is C#CCCCCC(=O)O[C@H](C)C1=CC[C@@]23OCCN(C)C[C@@]12C[C@@H](O)[C@]12O[C@]4(O)CC[C@@]1(C)[C@H](CC=C32)C4. The maximum atomic E-state index is 12.8. The summed E-state index contributed by atoms with van der Waals surface area (Å²) in [4.78, 5) is 15.0. The zero-order chi connectivity index (χ0) is 27.0. The van der Waals surface area contributed by atoms with E-state index in [-0.39, 0.29) is 17.3 Å². The van der Waals surface area contributed by atoms with Gasteiger partial charge in [0, 0.05) is 49.6 Å². The highest BCUT2D eigenvalue weighted by Crippen LogP contribution is 2.74. The summed E-state index contributed by atoms with van der Waals surface area (Å²) in [6, 6.07) is 0. The molecule has 8 atom stereocenters. The van der Waals surface area contributed by atoms with Crippen molar-refractivity contribution in [3.05, 3.63) is 23.3 Å². The lowest BCUT2D eigenvalue weighted by Gasteiger charge is -2.73. The smallest absolute Gasteiger partial charge is 0.306 e. The third-order valence-corrected chi connectivity index (χ3v) is 11.1. The second kappa shape index (κ2) is 8.91. The van der Waals surface area contributed by atoms with Gasteiger partial charge in [-0.3, -0.25) is 4.79 Å². The molecule has 7 aliphatic rings. The van der Waals surface area contributed by atoms with Crippen molar-refractivity contribution in [2.75, 3.05) is 26.7 Å². The summed E-state index contributed by atoms with van der Waals surface area (Å²) in [7, 11) is 2.09. The number of carbonyl (C=O) groups excluding carboxylic acids is 1. The Morgan fingerprint density at radius 2 is 2.13 bits per heavy atom. The van der Waals surface area contributed by atoms with Gasteiger partial charge in [-0.1, -0.05) is 19.1 Å². The summed E-state index contributed by atoms with van der Waals surface area (Å²) in [5.41, 5.74) is -0.485. The van der Waals surface area contributed by atoms with Gasteiger partial charge in [-0.2, -0.15) is 0 Å². The highest BCUT2D eigenvalue weighted by molar-refractivity contribution is 5.70. The minimum atomic E-state index is -1.21. The number of ether oxygens (including phenoxy) is 3. The molecule has 5 fully saturated rings. The molecule has 7 nitrogen and oxygen atoms in total. The number of nitrogens with zero attached hydrogens (tertiary/aromatic N) is 1. The average molecular weight is 526 g/mol. The third kappa shape index (κ3) is 3.37. The first-order valence-electron chi connectivity index (χ1n) is 14.5. The van der Waals surface area contributed by atoms with Gasteiger partial charge in [0.25, 0.3) is 0 Å². The maximum absolute atomic E-state index is 12.8. The van der Waals surface area contributed by atoms with Crippen LogP contribution in [0, 0.1) is 29.1 Å². The first kappa shape index (κ1) is 26.5. The number of aliphatic hydroxyl groups excluding tert-OH is 1. The number of unbranched alkanes of at least 4 members (excludes halogenated alkanes) is 2. The molecular formula is C31H43NO6. The van der Waals surface area contributed by atoms with Crippen LogP contribution in [-0.4, -0.2) is 77.0 Å². The van der Waals surface area contributed by atoms with Crippen molar-refractivity contribution in [3.8, 4) is 12.3 Å². The molecule has 4 bridgehead atoms. The Kier molecular flexibility index (Phi) is 6.22. The van der Waals surface area contributed by atoms with Gasteiger partial charge in [0.05, 0.1) is 12.7 Å². The van der Waals surface area contributed by atoms with Gasteiger partial charge < -0.3 is 29.3 Å². The van der Waals surface area contributed by atoms with Crippen molar-refractivity contribution in [2.45, 2.75) is 107 Å². The minimum absolute atomic E-state index is 0.220. The minimum Gasteiger partial charge on any atom is -0.458 e. The van der Waals surface area contributed by atoms with Crippen molar-refractivity contribution in [3.63, 3.8) is 0 Å². The van der Waals surface area contributed by atoms with Crippen molar-refractivity contribution >= 4 is 5.97 Å². The number of rotatable bonds is 6. The number of terminal acetylenes is 1. The van der Waals surface area contributed by atoms with Gasteiger partial charge in [0.2, 0.25) is 0 Å². The van der Waals surface area contributed by atoms with Crippen LogP contribution >= 0.6 is 0 Å². The predicted octanol–water partition coefficient (Wildman–Crippen LogP) is 3.49. The molecule has 7 rings (SSSR count). The first-order valence-corrected chi connectivity index (χ1v) is 14.5. The van der Waals surface area contributed by atoms with Gasteiger partial charge in [-0.05, 0) is 69.6 Å². The molecule has 0 amide bonds. The molecule has 3 aliphatic heterocycles. The Hall–Kier alpha value is -1.69. The van der Waals surface area contributed by atoms with Gasteiger partial charge in [-0.25, -0.2) is 0 Å². The molecule has 2 N–H and O–H groups in total. The molecule has 38 heavy (non-hydrogen) atoms. The molecule has 7 heteroatoms. The number of hydrogen-bond donors (Lipinski definition) is 2. The van der Waals surface area contributed by atoms with Crippen LogP contribution in [0.3, 0.4) is 0 Å². The summed E-state index contributed by atoms with van der Waals surface area (Å²) in [6.07, 6.45) is 15.0. The van der Waals surface area contributed by atoms with Crippen LogP contribution in [0.1, 0.15) is 78.1 Å². The Morgan fingerprint density at radius 3 is 2.92 bits per heavy atom. The van der Waals surface area contributed by atoms with Crippen LogP contribution in [0.4, 0.5) is 0 Å². The number of hydrogen-bond acceptors (Lipinski definition) is 7. The number of aliphatic hydroxyl groups is 2.